The van der Waals surface area contributed by atoms with Crippen molar-refractivity contribution < 1.29 is 4.79 Å². The molecule has 1 unspecified atom stereocenters. The molecule has 0 saturated heterocycles. The number of nitrogens with zero attached hydrogens (tertiary/aromatic N) is 4. The van der Waals surface area contributed by atoms with E-state index in [2.05, 4.69) is 20.7 Å². The summed E-state index contributed by atoms with van der Waals surface area (Å²) < 4.78 is 1.47. The number of anilines is 2. The van der Waals surface area contributed by atoms with Crippen molar-refractivity contribution in [3.05, 3.63) is 66.1 Å². The fourth-order valence-corrected chi connectivity index (χ4v) is 2.42. The third-order valence-corrected chi connectivity index (χ3v) is 3.83. The summed E-state index contributed by atoms with van der Waals surface area (Å²) in [5, 5.41) is 18.6. The van der Waals surface area contributed by atoms with Crippen molar-refractivity contribution in [1.29, 1.82) is 5.26 Å². The minimum absolute atomic E-state index is 0.170. The van der Waals surface area contributed by atoms with E-state index in [9.17, 15) is 4.79 Å². The number of amides is 2. The van der Waals surface area contributed by atoms with Crippen molar-refractivity contribution in [3.63, 3.8) is 0 Å². The molecule has 8 heteroatoms. The fraction of sp³-hybridized carbons (Fsp3) is 0.111. The minimum Gasteiger partial charge on any atom is -0.382 e. The summed E-state index contributed by atoms with van der Waals surface area (Å²) in [4.78, 5) is 16.2. The maximum Gasteiger partial charge on any atom is 0.319 e. The number of carbonyl (C=O) groups excluding carboxylic acids is 1. The Morgan fingerprint density at radius 3 is 2.65 bits per heavy atom. The van der Waals surface area contributed by atoms with E-state index in [1.807, 2.05) is 25.1 Å². The number of nitrogen functional groups attached to an aromatic ring is 1. The lowest BCUT2D eigenvalue weighted by Crippen LogP contribution is -2.31. The SMILES string of the molecule is CC(NC(=O)Nc1ccc(-n2ncc(C#N)c2N)cc1)c1cccnc1. The van der Waals surface area contributed by atoms with Gasteiger partial charge in [-0.15, -0.1) is 0 Å². The number of aromatic nitrogens is 3. The van der Waals surface area contributed by atoms with Crippen LogP contribution in [0.5, 0.6) is 0 Å². The van der Waals surface area contributed by atoms with Crippen molar-refractivity contribution in [2.75, 3.05) is 11.1 Å². The summed E-state index contributed by atoms with van der Waals surface area (Å²) in [5.74, 6) is 0.274. The molecule has 0 saturated carbocycles. The van der Waals surface area contributed by atoms with Crippen LogP contribution >= 0.6 is 0 Å². The summed E-state index contributed by atoms with van der Waals surface area (Å²) >= 11 is 0. The van der Waals surface area contributed by atoms with Crippen LogP contribution in [0.15, 0.2) is 55.0 Å². The zero-order valence-electron chi connectivity index (χ0n) is 14.0. The standard InChI is InChI=1S/C18H17N7O/c1-12(13-3-2-8-21-10-13)23-18(26)24-15-4-6-16(7-5-15)25-17(20)14(9-19)11-22-25/h2-8,10-12H,20H2,1H3,(H2,23,24,26). The molecule has 3 rings (SSSR count). The molecule has 8 nitrogen and oxygen atoms in total. The van der Waals surface area contributed by atoms with Crippen LogP contribution in [0.3, 0.4) is 0 Å². The van der Waals surface area contributed by atoms with E-state index in [0.717, 1.165) is 5.56 Å². The van der Waals surface area contributed by atoms with Crippen LogP contribution in [0.2, 0.25) is 0 Å². The Kier molecular flexibility index (Phi) is 4.80. The summed E-state index contributed by atoms with van der Waals surface area (Å²) in [5.41, 5.74) is 8.42. The fourth-order valence-electron chi connectivity index (χ4n) is 2.42. The number of nitriles is 1. The number of rotatable bonds is 4. The zero-order chi connectivity index (χ0) is 18.5. The molecule has 2 heterocycles. The van der Waals surface area contributed by atoms with Crippen molar-refractivity contribution in [1.82, 2.24) is 20.1 Å². The van der Waals surface area contributed by atoms with E-state index < -0.39 is 0 Å². The summed E-state index contributed by atoms with van der Waals surface area (Å²) in [6, 6.07) is 12.2. The van der Waals surface area contributed by atoms with E-state index in [1.54, 1.807) is 36.7 Å². The molecule has 2 aromatic heterocycles. The highest BCUT2D eigenvalue weighted by Crippen LogP contribution is 2.18. The zero-order valence-corrected chi connectivity index (χ0v) is 14.0. The Morgan fingerprint density at radius 1 is 1.27 bits per heavy atom. The first kappa shape index (κ1) is 17.0. The quantitative estimate of drug-likeness (QED) is 0.669. The average molecular weight is 347 g/mol. The second-order valence-corrected chi connectivity index (χ2v) is 5.62. The Hall–Kier alpha value is -3.86. The largest absolute Gasteiger partial charge is 0.382 e. The molecule has 0 bridgehead atoms. The average Bonchev–Trinajstić information content (AvgIpc) is 3.03. The van der Waals surface area contributed by atoms with Gasteiger partial charge in [0.2, 0.25) is 0 Å². The van der Waals surface area contributed by atoms with Gasteiger partial charge in [0.05, 0.1) is 17.9 Å². The van der Waals surface area contributed by atoms with Crippen molar-refractivity contribution >= 4 is 17.5 Å². The molecule has 1 aromatic carbocycles. The minimum atomic E-state index is -0.320. The Balaban J connectivity index is 1.65. The molecule has 0 aliphatic heterocycles. The van der Waals surface area contributed by atoms with Crippen LogP contribution in [-0.2, 0) is 0 Å². The van der Waals surface area contributed by atoms with E-state index in [1.165, 1.54) is 10.9 Å². The Bertz CT molecular complexity index is 942. The van der Waals surface area contributed by atoms with Crippen LogP contribution in [0, 0.1) is 11.3 Å². The second kappa shape index (κ2) is 7.36. The predicted molar refractivity (Wildman–Crippen MR) is 97.5 cm³/mol. The van der Waals surface area contributed by atoms with Crippen LogP contribution in [-0.4, -0.2) is 20.8 Å². The van der Waals surface area contributed by atoms with Gasteiger partial charge < -0.3 is 16.4 Å². The highest BCUT2D eigenvalue weighted by atomic mass is 16.2. The van der Waals surface area contributed by atoms with Gasteiger partial charge in [0.15, 0.2) is 0 Å². The number of hydrogen-bond acceptors (Lipinski definition) is 5. The molecular weight excluding hydrogens is 330 g/mol. The van der Waals surface area contributed by atoms with Crippen LogP contribution in [0.1, 0.15) is 24.1 Å². The number of pyridine rings is 1. The maximum absolute atomic E-state index is 12.1. The number of nitrogens with two attached hydrogens (primary N) is 1. The van der Waals surface area contributed by atoms with Crippen molar-refractivity contribution in [2.45, 2.75) is 13.0 Å². The summed E-state index contributed by atoms with van der Waals surface area (Å²) in [6.07, 6.45) is 4.81. The van der Waals surface area contributed by atoms with Gasteiger partial charge in [0.1, 0.15) is 17.5 Å². The molecular formula is C18H17N7O. The molecule has 0 fully saturated rings. The number of nitrogens with one attached hydrogen (secondary N) is 2. The molecule has 1 atom stereocenters. The molecule has 130 valence electrons. The Labute approximate surface area is 150 Å². The Morgan fingerprint density at radius 2 is 2.04 bits per heavy atom. The van der Waals surface area contributed by atoms with E-state index in [-0.39, 0.29) is 17.9 Å². The van der Waals surface area contributed by atoms with Crippen LogP contribution < -0.4 is 16.4 Å². The highest BCUT2D eigenvalue weighted by molar-refractivity contribution is 5.89. The van der Waals surface area contributed by atoms with Gasteiger partial charge in [0, 0.05) is 18.1 Å². The first-order valence-electron chi connectivity index (χ1n) is 7.90. The molecule has 0 radical (unpaired) electrons. The summed E-state index contributed by atoms with van der Waals surface area (Å²) in [6.45, 7) is 1.88. The topological polar surface area (TPSA) is 122 Å². The van der Waals surface area contributed by atoms with Gasteiger partial charge in [-0.3, -0.25) is 4.98 Å². The van der Waals surface area contributed by atoms with Gasteiger partial charge in [-0.1, -0.05) is 6.07 Å². The van der Waals surface area contributed by atoms with E-state index in [4.69, 9.17) is 11.0 Å². The lowest BCUT2D eigenvalue weighted by molar-refractivity contribution is 0.249. The third-order valence-electron chi connectivity index (χ3n) is 3.83. The van der Waals surface area contributed by atoms with Gasteiger partial charge >= 0.3 is 6.03 Å². The van der Waals surface area contributed by atoms with Crippen molar-refractivity contribution in [2.24, 2.45) is 0 Å². The monoisotopic (exact) mass is 347 g/mol. The molecule has 4 N–H and O–H groups in total. The summed E-state index contributed by atoms with van der Waals surface area (Å²) in [7, 11) is 0. The van der Waals surface area contributed by atoms with Gasteiger partial charge in [-0.05, 0) is 42.8 Å². The molecule has 3 aromatic rings. The number of hydrogen-bond donors (Lipinski definition) is 3. The lowest BCUT2D eigenvalue weighted by atomic mass is 10.1. The number of benzene rings is 1. The maximum atomic E-state index is 12.1. The highest BCUT2D eigenvalue weighted by Gasteiger charge is 2.11. The van der Waals surface area contributed by atoms with Crippen LogP contribution in [0.4, 0.5) is 16.3 Å². The number of carbonyl (C=O) groups is 1. The second-order valence-electron chi connectivity index (χ2n) is 5.62. The predicted octanol–water partition coefficient (Wildman–Crippen LogP) is 2.60. The lowest BCUT2D eigenvalue weighted by Gasteiger charge is -2.15. The smallest absolute Gasteiger partial charge is 0.319 e. The molecule has 26 heavy (non-hydrogen) atoms. The van der Waals surface area contributed by atoms with Gasteiger partial charge in [0.25, 0.3) is 0 Å². The third kappa shape index (κ3) is 3.62. The van der Waals surface area contributed by atoms with Gasteiger partial charge in [-0.2, -0.15) is 10.4 Å². The first-order valence-corrected chi connectivity index (χ1v) is 7.90. The van der Waals surface area contributed by atoms with E-state index in [0.29, 0.717) is 16.9 Å². The molecule has 0 aliphatic carbocycles. The molecule has 0 spiro atoms. The van der Waals surface area contributed by atoms with Crippen molar-refractivity contribution in [3.8, 4) is 11.8 Å². The first-order chi connectivity index (χ1) is 12.6. The van der Waals surface area contributed by atoms with Crippen LogP contribution in [0.25, 0.3) is 5.69 Å². The normalized spacial score (nSPS) is 11.4. The molecule has 2 amide bonds. The van der Waals surface area contributed by atoms with E-state index >= 15 is 0 Å². The van der Waals surface area contributed by atoms with Gasteiger partial charge in [-0.25, -0.2) is 9.48 Å². The number of urea groups is 1. The molecule has 0 aliphatic rings.